The normalized spacial score (nSPS) is 13.5. The lowest BCUT2D eigenvalue weighted by molar-refractivity contribution is -0.116. The minimum atomic E-state index is -0.253. The van der Waals surface area contributed by atoms with Crippen molar-refractivity contribution in [3.05, 3.63) is 51.2 Å². The van der Waals surface area contributed by atoms with Gasteiger partial charge in [-0.1, -0.05) is 23.2 Å². The van der Waals surface area contributed by atoms with Crippen LogP contribution in [0.25, 0.3) is 11.0 Å². The lowest BCUT2D eigenvalue weighted by Gasteiger charge is -2.20. The molecule has 6 nitrogen and oxygen atoms in total. The van der Waals surface area contributed by atoms with E-state index in [4.69, 9.17) is 32.7 Å². The Morgan fingerprint density at radius 2 is 2.19 bits per heavy atom. The van der Waals surface area contributed by atoms with Gasteiger partial charge in [-0.05, 0) is 23.8 Å². The van der Waals surface area contributed by atoms with Crippen molar-refractivity contribution in [2.45, 2.75) is 6.54 Å². The molecule has 3 heterocycles. The van der Waals surface area contributed by atoms with Crippen molar-refractivity contribution < 1.29 is 14.3 Å². The van der Waals surface area contributed by atoms with Crippen molar-refractivity contribution in [1.82, 2.24) is 14.7 Å². The van der Waals surface area contributed by atoms with Gasteiger partial charge in [0.2, 0.25) is 5.91 Å². The Kier molecular flexibility index (Phi) is 4.76. The lowest BCUT2D eigenvalue weighted by atomic mass is 10.2. The Balaban J connectivity index is 1.43. The summed E-state index contributed by atoms with van der Waals surface area (Å²) in [6.45, 7) is 1.26. The number of carbonyl (C=O) groups is 1. The summed E-state index contributed by atoms with van der Waals surface area (Å²) in [4.78, 5) is 17.1. The minimum Gasteiger partial charge on any atom is -0.486 e. The van der Waals surface area contributed by atoms with Crippen molar-refractivity contribution in [2.75, 3.05) is 13.2 Å². The van der Waals surface area contributed by atoms with E-state index in [0.717, 1.165) is 10.5 Å². The fourth-order valence-electron chi connectivity index (χ4n) is 2.59. The number of aromatic nitrogens is 2. The topological polar surface area (TPSA) is 64.9 Å². The number of ether oxygens (including phenoxy) is 2. The summed E-state index contributed by atoms with van der Waals surface area (Å²) in [6.07, 6.45) is 4.92. The second-order valence-electron chi connectivity index (χ2n) is 5.50. The van der Waals surface area contributed by atoms with Crippen LogP contribution in [-0.4, -0.2) is 28.5 Å². The molecule has 0 saturated heterocycles. The fourth-order valence-corrected chi connectivity index (χ4v) is 3.89. The largest absolute Gasteiger partial charge is 0.486 e. The average Bonchev–Trinajstić information content (AvgIpc) is 3.19. The Hall–Kier alpha value is -2.22. The Morgan fingerprint density at radius 3 is 3.08 bits per heavy atom. The van der Waals surface area contributed by atoms with Crippen molar-refractivity contribution >= 4 is 51.5 Å². The predicted octanol–water partition coefficient (Wildman–Crippen LogP) is 3.80. The highest BCUT2D eigenvalue weighted by atomic mass is 35.5. The van der Waals surface area contributed by atoms with E-state index < -0.39 is 0 Å². The van der Waals surface area contributed by atoms with Crippen LogP contribution in [0.3, 0.4) is 0 Å². The maximum absolute atomic E-state index is 12.1. The zero-order chi connectivity index (χ0) is 18.1. The Morgan fingerprint density at radius 1 is 1.35 bits per heavy atom. The highest BCUT2D eigenvalue weighted by Crippen LogP contribution is 2.38. The molecule has 0 radical (unpaired) electrons. The van der Waals surface area contributed by atoms with Gasteiger partial charge in [0.15, 0.2) is 21.6 Å². The summed E-state index contributed by atoms with van der Waals surface area (Å²) in [5.41, 5.74) is 1.49. The molecule has 3 aromatic rings. The van der Waals surface area contributed by atoms with E-state index in [-0.39, 0.29) is 5.91 Å². The number of halogens is 2. The van der Waals surface area contributed by atoms with Gasteiger partial charge in [-0.25, -0.2) is 4.98 Å². The van der Waals surface area contributed by atoms with Crippen molar-refractivity contribution in [1.29, 1.82) is 0 Å². The first-order valence-corrected chi connectivity index (χ1v) is 9.40. The molecule has 134 valence electrons. The van der Waals surface area contributed by atoms with Crippen molar-refractivity contribution in [3.63, 3.8) is 0 Å². The maximum Gasteiger partial charge on any atom is 0.244 e. The molecule has 0 atom stereocenters. The standard InChI is InChI=1S/C17H13Cl2N3O3S/c18-11-7-10(8-13-15(11)25-5-4-24-13)9-20-14(23)2-1-12-16(19)21-17-22(12)3-6-26-17/h1-3,6-8H,4-5,9H2,(H,20,23)/b2-1+. The molecule has 1 aromatic carbocycles. The van der Waals surface area contributed by atoms with E-state index in [1.165, 1.54) is 17.4 Å². The summed E-state index contributed by atoms with van der Waals surface area (Å²) in [6, 6.07) is 3.56. The van der Waals surface area contributed by atoms with E-state index in [1.807, 2.05) is 22.0 Å². The molecule has 4 rings (SSSR count). The molecule has 0 saturated carbocycles. The summed E-state index contributed by atoms with van der Waals surface area (Å²) >= 11 is 13.8. The lowest BCUT2D eigenvalue weighted by Crippen LogP contribution is -2.21. The van der Waals surface area contributed by atoms with Crippen LogP contribution in [0, 0.1) is 0 Å². The van der Waals surface area contributed by atoms with Crippen LogP contribution in [0.5, 0.6) is 11.5 Å². The third kappa shape index (κ3) is 3.38. The molecule has 0 bridgehead atoms. The fraction of sp³-hybridized carbons (Fsp3) is 0.176. The number of imidazole rings is 1. The molecule has 0 fully saturated rings. The van der Waals surface area contributed by atoms with Crippen LogP contribution < -0.4 is 14.8 Å². The third-order valence-corrected chi connectivity index (χ3v) is 5.09. The summed E-state index contributed by atoms with van der Waals surface area (Å²) in [5, 5.41) is 5.54. The van der Waals surface area contributed by atoms with Crippen molar-refractivity contribution in [3.8, 4) is 11.5 Å². The van der Waals surface area contributed by atoms with Gasteiger partial charge in [-0.15, -0.1) is 11.3 Å². The van der Waals surface area contributed by atoms with Crippen molar-refractivity contribution in [2.24, 2.45) is 0 Å². The maximum atomic E-state index is 12.1. The van der Waals surface area contributed by atoms with E-state index >= 15 is 0 Å². The van der Waals surface area contributed by atoms with Crippen LogP contribution in [-0.2, 0) is 11.3 Å². The molecular weight excluding hydrogens is 397 g/mol. The zero-order valence-corrected chi connectivity index (χ0v) is 15.7. The number of hydrogen-bond donors (Lipinski definition) is 1. The molecule has 0 aliphatic carbocycles. The number of amides is 1. The number of hydrogen-bond acceptors (Lipinski definition) is 5. The second-order valence-corrected chi connectivity index (χ2v) is 7.13. The number of benzene rings is 1. The molecule has 0 spiro atoms. The predicted molar refractivity (Wildman–Crippen MR) is 101 cm³/mol. The van der Waals surface area contributed by atoms with Crippen LogP contribution in [0.2, 0.25) is 10.2 Å². The van der Waals surface area contributed by atoms with Crippen LogP contribution >= 0.6 is 34.5 Å². The Bertz CT molecular complexity index is 1010. The molecule has 26 heavy (non-hydrogen) atoms. The molecule has 1 N–H and O–H groups in total. The second kappa shape index (κ2) is 7.19. The number of nitrogens with one attached hydrogen (secondary N) is 1. The van der Waals surface area contributed by atoms with Gasteiger partial charge in [0.25, 0.3) is 0 Å². The smallest absolute Gasteiger partial charge is 0.244 e. The van der Waals surface area contributed by atoms with Gasteiger partial charge in [0.05, 0.1) is 10.7 Å². The molecule has 1 aliphatic rings. The molecular formula is C17H13Cl2N3O3S. The average molecular weight is 410 g/mol. The van der Waals surface area contributed by atoms with E-state index in [1.54, 1.807) is 12.1 Å². The number of rotatable bonds is 4. The molecule has 1 amide bonds. The van der Waals surface area contributed by atoms with Gasteiger partial charge >= 0.3 is 0 Å². The zero-order valence-electron chi connectivity index (χ0n) is 13.4. The first kappa shape index (κ1) is 17.2. The van der Waals surface area contributed by atoms with Crippen LogP contribution in [0.1, 0.15) is 11.3 Å². The van der Waals surface area contributed by atoms with E-state index in [0.29, 0.717) is 47.1 Å². The third-order valence-electron chi connectivity index (χ3n) is 3.77. The molecule has 2 aromatic heterocycles. The first-order chi connectivity index (χ1) is 12.6. The Labute approximate surface area is 163 Å². The minimum absolute atomic E-state index is 0.253. The summed E-state index contributed by atoms with van der Waals surface area (Å²) < 4.78 is 12.8. The van der Waals surface area contributed by atoms with E-state index in [2.05, 4.69) is 10.3 Å². The summed E-state index contributed by atoms with van der Waals surface area (Å²) in [7, 11) is 0. The van der Waals surface area contributed by atoms with Gasteiger partial charge in [0.1, 0.15) is 13.2 Å². The molecule has 0 unspecified atom stereocenters. The van der Waals surface area contributed by atoms with Crippen LogP contribution in [0.15, 0.2) is 29.8 Å². The molecule has 9 heteroatoms. The highest BCUT2D eigenvalue weighted by molar-refractivity contribution is 7.15. The SMILES string of the molecule is O=C(/C=C/c1c(Cl)nc2sccn12)NCc1cc(Cl)c2c(c1)OCCO2. The number of nitrogens with zero attached hydrogens (tertiary/aromatic N) is 2. The van der Waals surface area contributed by atoms with Gasteiger partial charge in [0, 0.05) is 24.2 Å². The van der Waals surface area contributed by atoms with Gasteiger partial charge in [-0.2, -0.15) is 0 Å². The quantitative estimate of drug-likeness (QED) is 0.665. The van der Waals surface area contributed by atoms with Crippen LogP contribution in [0.4, 0.5) is 0 Å². The number of fused-ring (bicyclic) bond motifs is 2. The monoisotopic (exact) mass is 409 g/mol. The van der Waals surface area contributed by atoms with E-state index in [9.17, 15) is 4.79 Å². The van der Waals surface area contributed by atoms with Gasteiger partial charge < -0.3 is 14.8 Å². The summed E-state index contributed by atoms with van der Waals surface area (Å²) in [5.74, 6) is 0.884. The number of thiazole rings is 1. The van der Waals surface area contributed by atoms with Gasteiger partial charge in [-0.3, -0.25) is 9.20 Å². The highest BCUT2D eigenvalue weighted by Gasteiger charge is 2.16. The first-order valence-electron chi connectivity index (χ1n) is 7.77. The molecule has 1 aliphatic heterocycles. The number of carbonyl (C=O) groups excluding carboxylic acids is 1.